The molecule has 2 aromatic rings. The van der Waals surface area contributed by atoms with Crippen molar-refractivity contribution >= 4 is 43.5 Å². The average molecular weight is 402 g/mol. The summed E-state index contributed by atoms with van der Waals surface area (Å²) in [5.74, 6) is -1.10. The Kier molecular flexibility index (Phi) is 4.77. The first-order valence-corrected chi connectivity index (χ1v) is 7.33. The molecule has 0 bridgehead atoms. The predicted molar refractivity (Wildman–Crippen MR) is 84.1 cm³/mol. The van der Waals surface area contributed by atoms with Crippen LogP contribution in [0.1, 0.15) is 15.9 Å². The summed E-state index contributed by atoms with van der Waals surface area (Å²) in [5, 5.41) is 3.12. The number of hydrogen-bond donors (Lipinski definition) is 2. The first-order chi connectivity index (χ1) is 9.47. The van der Waals surface area contributed by atoms with Crippen molar-refractivity contribution in [3.8, 4) is 0 Å². The summed E-state index contributed by atoms with van der Waals surface area (Å²) in [6, 6.07) is 9.88. The minimum atomic E-state index is -0.640. The lowest BCUT2D eigenvalue weighted by Gasteiger charge is -2.10. The predicted octanol–water partition coefficient (Wildman–Crippen LogP) is 4.06. The molecule has 20 heavy (non-hydrogen) atoms. The third kappa shape index (κ3) is 3.58. The van der Waals surface area contributed by atoms with E-state index in [4.69, 9.17) is 5.73 Å². The van der Waals surface area contributed by atoms with Gasteiger partial charge < -0.3 is 11.1 Å². The Morgan fingerprint density at radius 3 is 2.55 bits per heavy atom. The van der Waals surface area contributed by atoms with E-state index in [1.165, 1.54) is 6.07 Å². The summed E-state index contributed by atoms with van der Waals surface area (Å²) < 4.78 is 15.6. The van der Waals surface area contributed by atoms with E-state index >= 15 is 0 Å². The Morgan fingerprint density at radius 2 is 1.95 bits per heavy atom. The van der Waals surface area contributed by atoms with Crippen LogP contribution in [0.4, 0.5) is 10.1 Å². The van der Waals surface area contributed by atoms with Crippen LogP contribution in [0, 0.1) is 5.82 Å². The molecular weight excluding hydrogens is 391 g/mol. The van der Waals surface area contributed by atoms with E-state index in [2.05, 4.69) is 37.2 Å². The Balaban J connectivity index is 2.13. The quantitative estimate of drug-likeness (QED) is 0.811. The van der Waals surface area contributed by atoms with Crippen LogP contribution >= 0.6 is 31.9 Å². The van der Waals surface area contributed by atoms with Crippen LogP contribution in [0.25, 0.3) is 0 Å². The maximum absolute atomic E-state index is 13.8. The number of nitrogens with two attached hydrogens (primary N) is 1. The number of carbonyl (C=O) groups excluding carboxylic acids is 1. The van der Waals surface area contributed by atoms with Crippen LogP contribution in [0.3, 0.4) is 0 Å². The molecule has 3 nitrogen and oxygen atoms in total. The fraction of sp³-hybridized carbons (Fsp3) is 0.0714. The zero-order valence-electron chi connectivity index (χ0n) is 10.3. The molecule has 104 valence electrons. The van der Waals surface area contributed by atoms with Gasteiger partial charge in [-0.25, -0.2) is 4.39 Å². The van der Waals surface area contributed by atoms with E-state index in [9.17, 15) is 9.18 Å². The van der Waals surface area contributed by atoms with E-state index in [1.54, 1.807) is 6.07 Å². The van der Waals surface area contributed by atoms with E-state index in [0.29, 0.717) is 12.1 Å². The Labute approximate surface area is 132 Å². The van der Waals surface area contributed by atoms with Gasteiger partial charge in [0.15, 0.2) is 0 Å². The van der Waals surface area contributed by atoms with E-state index in [0.717, 1.165) is 20.7 Å². The molecule has 0 atom stereocenters. The molecule has 2 rings (SSSR count). The van der Waals surface area contributed by atoms with Crippen LogP contribution in [-0.2, 0) is 6.54 Å². The molecule has 1 amide bonds. The molecule has 0 aliphatic carbocycles. The van der Waals surface area contributed by atoms with Gasteiger partial charge in [0.25, 0.3) is 0 Å². The molecule has 6 heteroatoms. The molecule has 0 saturated carbocycles. The van der Waals surface area contributed by atoms with Crippen molar-refractivity contribution in [2.45, 2.75) is 6.54 Å². The van der Waals surface area contributed by atoms with Crippen LogP contribution in [0.5, 0.6) is 0 Å². The molecule has 0 fully saturated rings. The number of hydrogen-bond acceptors (Lipinski definition) is 2. The summed E-state index contributed by atoms with van der Waals surface area (Å²) >= 11 is 6.79. The minimum Gasteiger partial charge on any atom is -0.380 e. The monoisotopic (exact) mass is 400 g/mol. The van der Waals surface area contributed by atoms with Gasteiger partial charge in [0.05, 0.1) is 0 Å². The maximum Gasteiger partial charge on any atom is 0.248 e. The smallest absolute Gasteiger partial charge is 0.248 e. The largest absolute Gasteiger partial charge is 0.380 e. The second-order valence-corrected chi connectivity index (χ2v) is 5.92. The Morgan fingerprint density at radius 1 is 1.20 bits per heavy atom. The van der Waals surface area contributed by atoms with Crippen molar-refractivity contribution in [3.05, 3.63) is 62.3 Å². The third-order valence-corrected chi connectivity index (χ3v) is 3.89. The van der Waals surface area contributed by atoms with Crippen LogP contribution in [-0.4, -0.2) is 5.91 Å². The summed E-state index contributed by atoms with van der Waals surface area (Å²) in [4.78, 5) is 10.9. The van der Waals surface area contributed by atoms with E-state index < -0.39 is 11.7 Å². The molecule has 3 N–H and O–H groups in total. The van der Waals surface area contributed by atoms with Gasteiger partial charge in [-0.2, -0.15) is 0 Å². The minimum absolute atomic E-state index is 0.163. The molecule has 0 aliphatic rings. The van der Waals surface area contributed by atoms with Crippen molar-refractivity contribution < 1.29 is 9.18 Å². The topological polar surface area (TPSA) is 55.1 Å². The van der Waals surface area contributed by atoms with Gasteiger partial charge in [-0.05, 0) is 46.3 Å². The van der Waals surface area contributed by atoms with Gasteiger partial charge in [-0.15, -0.1) is 0 Å². The molecule has 0 unspecified atom stereocenters. The number of anilines is 1. The summed E-state index contributed by atoms with van der Waals surface area (Å²) in [5.41, 5.74) is 6.58. The van der Waals surface area contributed by atoms with Crippen molar-refractivity contribution in [2.24, 2.45) is 5.73 Å². The highest BCUT2D eigenvalue weighted by molar-refractivity contribution is 9.11. The molecule has 0 aliphatic heterocycles. The first-order valence-electron chi connectivity index (χ1n) is 5.74. The van der Waals surface area contributed by atoms with E-state index in [1.807, 2.05) is 18.2 Å². The van der Waals surface area contributed by atoms with Gasteiger partial charge >= 0.3 is 0 Å². The van der Waals surface area contributed by atoms with E-state index in [-0.39, 0.29) is 5.56 Å². The lowest BCUT2D eigenvalue weighted by molar-refractivity contribution is 0.1000. The van der Waals surface area contributed by atoms with Crippen LogP contribution in [0.2, 0.25) is 0 Å². The molecule has 0 aromatic heterocycles. The molecule has 0 radical (unpaired) electrons. The summed E-state index contributed by atoms with van der Waals surface area (Å²) in [7, 11) is 0. The van der Waals surface area contributed by atoms with Crippen molar-refractivity contribution in [1.29, 1.82) is 0 Å². The molecule has 0 heterocycles. The number of rotatable bonds is 4. The number of primary amides is 1. The fourth-order valence-corrected chi connectivity index (χ4v) is 2.85. The fourth-order valence-electron chi connectivity index (χ4n) is 1.67. The molecule has 0 spiro atoms. The normalized spacial score (nSPS) is 10.3. The number of halogens is 3. The molecular formula is C14H11Br2FN2O. The zero-order chi connectivity index (χ0) is 14.7. The number of benzene rings is 2. The number of nitrogens with one attached hydrogen (secondary N) is 1. The first kappa shape index (κ1) is 15.0. The number of carbonyl (C=O) groups is 1. The molecule has 0 saturated heterocycles. The Hall–Kier alpha value is -1.40. The highest BCUT2D eigenvalue weighted by Crippen LogP contribution is 2.26. The number of amides is 1. The summed E-state index contributed by atoms with van der Waals surface area (Å²) in [6.45, 7) is 0.311. The van der Waals surface area contributed by atoms with Crippen LogP contribution in [0.15, 0.2) is 45.3 Å². The van der Waals surface area contributed by atoms with Gasteiger partial charge in [-0.3, -0.25) is 4.79 Å². The lowest BCUT2D eigenvalue weighted by Crippen LogP contribution is -2.12. The highest BCUT2D eigenvalue weighted by atomic mass is 79.9. The van der Waals surface area contributed by atoms with Gasteiger partial charge in [0.1, 0.15) is 5.82 Å². The SMILES string of the molecule is NC(=O)c1ccc(CNc2ccc(Br)cc2Br)c(F)c1. The third-order valence-electron chi connectivity index (χ3n) is 2.74. The average Bonchev–Trinajstić information content (AvgIpc) is 2.38. The van der Waals surface area contributed by atoms with Crippen molar-refractivity contribution in [2.75, 3.05) is 5.32 Å². The molecule has 2 aromatic carbocycles. The van der Waals surface area contributed by atoms with Gasteiger partial charge in [0.2, 0.25) is 5.91 Å². The van der Waals surface area contributed by atoms with Crippen molar-refractivity contribution in [3.63, 3.8) is 0 Å². The maximum atomic E-state index is 13.8. The standard InChI is InChI=1S/C14H11Br2FN2O/c15-10-3-4-13(11(16)6-10)19-7-9-2-1-8(14(18)20)5-12(9)17/h1-6,19H,7H2,(H2,18,20). The van der Waals surface area contributed by atoms with Crippen LogP contribution < -0.4 is 11.1 Å². The lowest BCUT2D eigenvalue weighted by atomic mass is 10.1. The van der Waals surface area contributed by atoms with Gasteiger partial charge in [0, 0.05) is 32.3 Å². The zero-order valence-corrected chi connectivity index (χ0v) is 13.5. The highest BCUT2D eigenvalue weighted by Gasteiger charge is 2.07. The summed E-state index contributed by atoms with van der Waals surface area (Å²) in [6.07, 6.45) is 0. The second kappa shape index (κ2) is 6.37. The van der Waals surface area contributed by atoms with Crippen molar-refractivity contribution in [1.82, 2.24) is 0 Å². The second-order valence-electron chi connectivity index (χ2n) is 4.15. The Bertz CT molecular complexity index is 662. The van der Waals surface area contributed by atoms with Gasteiger partial charge in [-0.1, -0.05) is 22.0 Å².